The van der Waals surface area contributed by atoms with E-state index in [1.165, 1.54) is 0 Å². The first-order valence-electron chi connectivity index (χ1n) is 6.38. The van der Waals surface area contributed by atoms with Gasteiger partial charge in [0.1, 0.15) is 13.1 Å². The maximum atomic E-state index is 4.90. The molecule has 132 valence electrons. The Morgan fingerprint density at radius 2 is 0.952 bits per heavy atom. The molecule has 0 aliphatic heterocycles. The molecule has 0 radical (unpaired) electrons. The number of likely N-dealkylation sites (N-methyl/N-ethyl adjacent to an activating group) is 2. The van der Waals surface area contributed by atoms with E-state index >= 15 is 0 Å². The summed E-state index contributed by atoms with van der Waals surface area (Å²) in [7, 11) is 31.5. The molecule has 0 saturated heterocycles. The monoisotopic (exact) mass is 462 g/mol. The summed E-state index contributed by atoms with van der Waals surface area (Å²) < 4.78 is 11.8. The van der Waals surface area contributed by atoms with Crippen molar-refractivity contribution in [1.82, 2.24) is 0 Å². The van der Waals surface area contributed by atoms with E-state index < -0.39 is 9.86 Å². The van der Waals surface area contributed by atoms with Gasteiger partial charge in [-0.25, -0.2) is 0 Å². The van der Waals surface area contributed by atoms with Crippen molar-refractivity contribution in [1.29, 1.82) is 0 Å². The molecule has 21 heavy (non-hydrogen) atoms. The third kappa shape index (κ3) is 61.6. The molecule has 0 N–H and O–H groups in total. The molecular formula is C12H32MoN2O2S4. The second-order valence-electron chi connectivity index (χ2n) is 6.42. The standard InChI is InChI=1S/2C6H16NO.Mo.4S/c2*1-7(2,3)5-6-8-4;;;;;/h2*5-6H2,1-4H3;;;;;/q2*+1;;;;2*-1. The molecule has 0 unspecified atom stereocenters. The van der Waals surface area contributed by atoms with Crippen molar-refractivity contribution < 1.29 is 28.3 Å². The average molecular weight is 461 g/mol. The molecule has 0 bridgehead atoms. The molecule has 0 spiro atoms. The van der Waals surface area contributed by atoms with Gasteiger partial charge in [0.2, 0.25) is 0 Å². The minimum absolute atomic E-state index is 0.851. The van der Waals surface area contributed by atoms with Crippen LogP contribution in [-0.4, -0.2) is 91.8 Å². The van der Waals surface area contributed by atoms with Crippen molar-refractivity contribution in [2.75, 3.05) is 82.8 Å². The predicted octanol–water partition coefficient (Wildman–Crippen LogP) is 1.97. The number of hydrogen-bond acceptors (Lipinski definition) is 6. The number of quaternary nitrogens is 2. The van der Waals surface area contributed by atoms with Crippen LogP contribution in [0.3, 0.4) is 0 Å². The quantitative estimate of drug-likeness (QED) is 0.340. The van der Waals surface area contributed by atoms with Crippen LogP contribution in [0.5, 0.6) is 0 Å². The molecule has 0 saturated carbocycles. The van der Waals surface area contributed by atoms with Gasteiger partial charge in [-0.05, 0) is 0 Å². The molecule has 4 nitrogen and oxygen atoms in total. The van der Waals surface area contributed by atoms with E-state index in [-0.39, 0.29) is 0 Å². The summed E-state index contributed by atoms with van der Waals surface area (Å²) in [6, 6.07) is 0. The van der Waals surface area contributed by atoms with E-state index in [1.54, 1.807) is 14.2 Å². The minimum atomic E-state index is -2.69. The van der Waals surface area contributed by atoms with Crippen molar-refractivity contribution >= 4 is 40.3 Å². The average Bonchev–Trinajstić information content (AvgIpc) is 2.20. The van der Waals surface area contributed by atoms with Crippen LogP contribution in [-0.2, 0) is 40.0 Å². The number of rotatable bonds is 6. The molecule has 0 rings (SSSR count). The Bertz CT molecular complexity index is 299. The Labute approximate surface area is 150 Å². The van der Waals surface area contributed by atoms with Crippen LogP contribution < -0.4 is 0 Å². The van der Waals surface area contributed by atoms with E-state index in [0.717, 1.165) is 35.3 Å². The fourth-order valence-electron chi connectivity index (χ4n) is 0.730. The van der Waals surface area contributed by atoms with Crippen molar-refractivity contribution in [3.05, 3.63) is 0 Å². The van der Waals surface area contributed by atoms with Gasteiger partial charge in [-0.3, -0.25) is 0 Å². The topological polar surface area (TPSA) is 18.5 Å². The van der Waals surface area contributed by atoms with Crippen LogP contribution in [0, 0.1) is 0 Å². The van der Waals surface area contributed by atoms with Crippen molar-refractivity contribution in [2.24, 2.45) is 0 Å². The van der Waals surface area contributed by atoms with Crippen molar-refractivity contribution in [3.63, 3.8) is 0 Å². The van der Waals surface area contributed by atoms with Gasteiger partial charge in [-0.1, -0.05) is 0 Å². The third-order valence-electron chi connectivity index (χ3n) is 1.93. The zero-order valence-corrected chi connectivity index (χ0v) is 19.9. The van der Waals surface area contributed by atoms with Gasteiger partial charge in [0.15, 0.2) is 0 Å². The van der Waals surface area contributed by atoms with Gasteiger partial charge in [0.05, 0.1) is 55.5 Å². The Kier molecular flexibility index (Phi) is 18.4. The Hall–Kier alpha value is 1.67. The molecule has 0 fully saturated rings. The first kappa shape index (κ1) is 27.5. The van der Waals surface area contributed by atoms with Crippen LogP contribution in [0.4, 0.5) is 0 Å². The number of hydrogen-bond donors (Lipinski definition) is 0. The molecule has 0 amide bonds. The zero-order chi connectivity index (χ0) is 17.7. The number of ether oxygens (including phenoxy) is 2. The SMILES string of the molecule is COCC[N+](C)(C)C.COCC[N+](C)(C)C.[S]=[Mo](=[S])([S-])[S-]. The van der Waals surface area contributed by atoms with Gasteiger partial charge < -0.3 is 18.4 Å². The van der Waals surface area contributed by atoms with Gasteiger partial charge in [0, 0.05) is 14.2 Å². The Balaban J connectivity index is -0.000000239. The molecule has 0 aliphatic rings. The molecule has 9 heteroatoms. The van der Waals surface area contributed by atoms with Crippen molar-refractivity contribution in [3.8, 4) is 0 Å². The fourth-order valence-corrected chi connectivity index (χ4v) is 0.730. The number of nitrogens with zero attached hydrogens (tertiary/aromatic N) is 2. The molecule has 0 aromatic heterocycles. The number of methoxy groups -OCH3 is 2. The molecule has 0 aliphatic carbocycles. The van der Waals surface area contributed by atoms with E-state index in [2.05, 4.69) is 82.6 Å². The van der Waals surface area contributed by atoms with Crippen LogP contribution in [0.25, 0.3) is 0 Å². The van der Waals surface area contributed by atoms with E-state index in [0.29, 0.717) is 0 Å². The summed E-state index contributed by atoms with van der Waals surface area (Å²) in [5.41, 5.74) is 0. The molecule has 0 heterocycles. The molecule has 0 aromatic rings. The van der Waals surface area contributed by atoms with Gasteiger partial charge >= 0.3 is 50.2 Å². The van der Waals surface area contributed by atoms with Crippen LogP contribution in [0.2, 0.25) is 0 Å². The normalized spacial score (nSPS) is 11.9. The fraction of sp³-hybridized carbons (Fsp3) is 1.00. The summed E-state index contributed by atoms with van der Waals surface area (Å²) in [5.74, 6) is 0. The van der Waals surface area contributed by atoms with Crippen LogP contribution in [0.15, 0.2) is 0 Å². The van der Waals surface area contributed by atoms with E-state index in [9.17, 15) is 0 Å². The van der Waals surface area contributed by atoms with Gasteiger partial charge in [-0.15, -0.1) is 0 Å². The molecule has 0 atom stereocenters. The second kappa shape index (κ2) is 14.0. The van der Waals surface area contributed by atoms with Gasteiger partial charge in [0.25, 0.3) is 0 Å². The predicted molar refractivity (Wildman–Crippen MR) is 99.5 cm³/mol. The summed E-state index contributed by atoms with van der Waals surface area (Å²) in [6.45, 7) is 3.86. The van der Waals surface area contributed by atoms with Gasteiger partial charge in [-0.2, -0.15) is 0 Å². The van der Waals surface area contributed by atoms with E-state index in [1.807, 2.05) is 0 Å². The first-order valence-corrected chi connectivity index (χ1v) is 17.5. The zero-order valence-electron chi connectivity index (χ0n) is 14.6. The summed E-state index contributed by atoms with van der Waals surface area (Å²) in [4.78, 5) is 0. The first-order chi connectivity index (χ1) is 9.12. The Morgan fingerprint density at radius 3 is 1.00 bits per heavy atom. The van der Waals surface area contributed by atoms with Crippen molar-refractivity contribution in [2.45, 2.75) is 0 Å². The van der Waals surface area contributed by atoms with E-state index in [4.69, 9.17) is 9.47 Å². The summed E-state index contributed by atoms with van der Waals surface area (Å²) in [6.07, 6.45) is 0. The molecular weight excluding hydrogens is 428 g/mol. The second-order valence-corrected chi connectivity index (χ2v) is 27.8. The summed E-state index contributed by atoms with van der Waals surface area (Å²) >= 11 is 0. The third-order valence-corrected chi connectivity index (χ3v) is 1.93. The molecule has 0 aromatic carbocycles. The maximum absolute atomic E-state index is 4.90. The van der Waals surface area contributed by atoms with Crippen LogP contribution >= 0.6 is 19.6 Å². The summed E-state index contributed by atoms with van der Waals surface area (Å²) in [5, 5.41) is 0. The Morgan fingerprint density at radius 1 is 0.762 bits per heavy atom. The van der Waals surface area contributed by atoms with Crippen LogP contribution in [0.1, 0.15) is 0 Å².